The lowest BCUT2D eigenvalue weighted by Crippen LogP contribution is -2.14. The van der Waals surface area contributed by atoms with Crippen LogP contribution in [-0.2, 0) is 0 Å². The highest BCUT2D eigenvalue weighted by Crippen LogP contribution is 2.36. The molecule has 0 radical (unpaired) electrons. The minimum atomic E-state index is -0.443. The topological polar surface area (TPSA) is 63.5 Å². The fraction of sp³-hybridized carbons (Fsp3) is 0.444. The highest BCUT2D eigenvalue weighted by Gasteiger charge is 2.18. The van der Waals surface area contributed by atoms with E-state index in [1.807, 2.05) is 19.0 Å². The molecule has 0 aliphatic rings. The molecule has 16 heavy (non-hydrogen) atoms. The molecular formula is C9H12N2O3S2. The molecule has 7 heteroatoms. The zero-order valence-electron chi connectivity index (χ0n) is 9.00. The zero-order chi connectivity index (χ0) is 12.1. The third-order valence-corrected chi connectivity index (χ3v) is 4.09. The van der Waals surface area contributed by atoms with Crippen LogP contribution < -0.4 is 0 Å². The molecule has 0 saturated carbocycles. The second-order valence-corrected chi connectivity index (χ2v) is 5.80. The van der Waals surface area contributed by atoms with Gasteiger partial charge in [0, 0.05) is 18.4 Å². The highest BCUT2D eigenvalue weighted by molar-refractivity contribution is 8.01. The van der Waals surface area contributed by atoms with Crippen LogP contribution in [0, 0.1) is 10.1 Å². The molecule has 0 fully saturated rings. The summed E-state index contributed by atoms with van der Waals surface area (Å²) in [6, 6.07) is 1.33. The van der Waals surface area contributed by atoms with Crippen LogP contribution in [0.2, 0.25) is 0 Å². The van der Waals surface area contributed by atoms with E-state index in [0.29, 0.717) is 15.4 Å². The fourth-order valence-electron chi connectivity index (χ4n) is 0.992. The molecule has 0 aromatic carbocycles. The minimum absolute atomic E-state index is 0.0378. The summed E-state index contributed by atoms with van der Waals surface area (Å²) in [5.41, 5.74) is 0.0378. The number of nitrogens with zero attached hydrogens (tertiary/aromatic N) is 2. The van der Waals surface area contributed by atoms with Crippen LogP contribution in [0.1, 0.15) is 9.67 Å². The number of thiophene rings is 1. The van der Waals surface area contributed by atoms with E-state index in [-0.39, 0.29) is 5.69 Å². The van der Waals surface area contributed by atoms with Gasteiger partial charge in [-0.3, -0.25) is 14.9 Å². The first-order valence-corrected chi connectivity index (χ1v) is 6.35. The number of rotatable bonds is 6. The molecular weight excluding hydrogens is 248 g/mol. The van der Waals surface area contributed by atoms with Gasteiger partial charge < -0.3 is 4.90 Å². The summed E-state index contributed by atoms with van der Waals surface area (Å²) in [5.74, 6) is 0.770. The van der Waals surface area contributed by atoms with Crippen LogP contribution >= 0.6 is 23.1 Å². The summed E-state index contributed by atoms with van der Waals surface area (Å²) in [6.45, 7) is 0.843. The number of hydrogen-bond acceptors (Lipinski definition) is 6. The van der Waals surface area contributed by atoms with E-state index < -0.39 is 4.92 Å². The van der Waals surface area contributed by atoms with Gasteiger partial charge in [-0.2, -0.15) is 0 Å². The number of aldehydes is 1. The average molecular weight is 260 g/mol. The van der Waals surface area contributed by atoms with Crippen molar-refractivity contribution in [1.29, 1.82) is 0 Å². The summed E-state index contributed by atoms with van der Waals surface area (Å²) in [6.07, 6.45) is 0.647. The lowest BCUT2D eigenvalue weighted by atomic mass is 10.4. The van der Waals surface area contributed by atoms with Gasteiger partial charge in [-0.05, 0) is 14.1 Å². The Bertz CT molecular complexity index is 390. The Kier molecular flexibility index (Phi) is 4.91. The van der Waals surface area contributed by atoms with Crippen molar-refractivity contribution in [2.24, 2.45) is 0 Å². The molecule has 0 aliphatic heterocycles. The predicted octanol–water partition coefficient (Wildman–Crippen LogP) is 2.12. The van der Waals surface area contributed by atoms with Gasteiger partial charge in [0.05, 0.1) is 9.80 Å². The maximum absolute atomic E-state index is 10.7. The highest BCUT2D eigenvalue weighted by atomic mass is 32.2. The Morgan fingerprint density at radius 1 is 1.62 bits per heavy atom. The van der Waals surface area contributed by atoms with E-state index in [1.165, 1.54) is 29.2 Å². The van der Waals surface area contributed by atoms with Crippen LogP contribution in [0.3, 0.4) is 0 Å². The fourth-order valence-corrected chi connectivity index (χ4v) is 3.36. The Morgan fingerprint density at radius 2 is 2.31 bits per heavy atom. The number of thioether (sulfide) groups is 1. The third kappa shape index (κ3) is 3.58. The second-order valence-electron chi connectivity index (χ2n) is 3.35. The van der Waals surface area contributed by atoms with Crippen LogP contribution in [0.15, 0.2) is 10.3 Å². The van der Waals surface area contributed by atoms with Crippen molar-refractivity contribution in [2.75, 3.05) is 26.4 Å². The summed E-state index contributed by atoms with van der Waals surface area (Å²) in [7, 11) is 3.89. The number of carbonyl (C=O) groups is 1. The molecule has 1 rings (SSSR count). The number of hydrogen-bond donors (Lipinski definition) is 0. The lowest BCUT2D eigenvalue weighted by Gasteiger charge is -2.07. The Hall–Kier alpha value is -0.920. The van der Waals surface area contributed by atoms with Crippen LogP contribution in [0.25, 0.3) is 0 Å². The summed E-state index contributed by atoms with van der Waals surface area (Å²) >= 11 is 2.59. The molecule has 1 aromatic rings. The van der Waals surface area contributed by atoms with E-state index in [1.54, 1.807) is 0 Å². The van der Waals surface area contributed by atoms with Gasteiger partial charge in [-0.1, -0.05) is 0 Å². The maximum Gasteiger partial charge on any atom is 0.294 e. The lowest BCUT2D eigenvalue weighted by molar-refractivity contribution is -0.387. The van der Waals surface area contributed by atoms with E-state index in [2.05, 4.69) is 0 Å². The van der Waals surface area contributed by atoms with Crippen molar-refractivity contribution in [3.8, 4) is 0 Å². The first kappa shape index (κ1) is 13.1. The van der Waals surface area contributed by atoms with Crippen molar-refractivity contribution in [2.45, 2.75) is 4.21 Å². The normalized spacial score (nSPS) is 10.7. The molecule has 5 nitrogen and oxygen atoms in total. The molecule has 0 atom stereocenters. The van der Waals surface area contributed by atoms with Gasteiger partial charge >= 0.3 is 0 Å². The molecule has 0 unspecified atom stereocenters. The van der Waals surface area contributed by atoms with Crippen molar-refractivity contribution >= 4 is 35.1 Å². The molecule has 1 heterocycles. The Morgan fingerprint density at radius 3 is 2.81 bits per heavy atom. The molecule has 0 saturated heterocycles. The molecule has 0 spiro atoms. The summed E-state index contributed by atoms with van der Waals surface area (Å²) in [4.78, 5) is 23.2. The first-order chi connectivity index (χ1) is 7.54. The SMILES string of the molecule is CN(C)CCSc1sc(C=O)cc1[N+](=O)[O-]. The molecule has 88 valence electrons. The smallest absolute Gasteiger partial charge is 0.294 e. The van der Waals surface area contributed by atoms with Crippen molar-refractivity contribution in [3.05, 3.63) is 21.1 Å². The monoisotopic (exact) mass is 260 g/mol. The summed E-state index contributed by atoms with van der Waals surface area (Å²) in [5, 5.41) is 10.7. The maximum atomic E-state index is 10.7. The second kappa shape index (κ2) is 5.97. The molecule has 0 aliphatic carbocycles. The van der Waals surface area contributed by atoms with E-state index in [9.17, 15) is 14.9 Å². The predicted molar refractivity (Wildman–Crippen MR) is 65.6 cm³/mol. The van der Waals surface area contributed by atoms with Crippen molar-refractivity contribution in [3.63, 3.8) is 0 Å². The van der Waals surface area contributed by atoms with Crippen molar-refractivity contribution < 1.29 is 9.72 Å². The van der Waals surface area contributed by atoms with Gasteiger partial charge in [0.15, 0.2) is 6.29 Å². The van der Waals surface area contributed by atoms with E-state index >= 15 is 0 Å². The third-order valence-electron chi connectivity index (χ3n) is 1.78. The largest absolute Gasteiger partial charge is 0.309 e. The molecule has 0 bridgehead atoms. The van der Waals surface area contributed by atoms with Crippen molar-refractivity contribution in [1.82, 2.24) is 4.90 Å². The standard InChI is InChI=1S/C9H12N2O3S2/c1-10(2)3-4-15-9-8(11(13)14)5-7(6-12)16-9/h5-6H,3-4H2,1-2H3. The first-order valence-electron chi connectivity index (χ1n) is 4.55. The average Bonchev–Trinajstić information content (AvgIpc) is 2.60. The minimum Gasteiger partial charge on any atom is -0.309 e. The van der Waals surface area contributed by atoms with Crippen LogP contribution in [0.4, 0.5) is 5.69 Å². The quantitative estimate of drug-likeness (QED) is 0.339. The van der Waals surface area contributed by atoms with Crippen LogP contribution in [-0.4, -0.2) is 42.5 Å². The number of nitro groups is 1. The molecule has 1 aromatic heterocycles. The van der Waals surface area contributed by atoms with Gasteiger partial charge in [0.25, 0.3) is 5.69 Å². The van der Waals surface area contributed by atoms with Gasteiger partial charge in [0.2, 0.25) is 0 Å². The van der Waals surface area contributed by atoms with Gasteiger partial charge in [-0.15, -0.1) is 23.1 Å². The molecule has 0 amide bonds. The van der Waals surface area contributed by atoms with Crippen LogP contribution in [0.5, 0.6) is 0 Å². The van der Waals surface area contributed by atoms with Gasteiger partial charge in [0.1, 0.15) is 4.21 Å². The Balaban J connectivity index is 2.73. The molecule has 0 N–H and O–H groups in total. The zero-order valence-corrected chi connectivity index (χ0v) is 10.6. The van der Waals surface area contributed by atoms with E-state index in [0.717, 1.165) is 12.3 Å². The number of carbonyl (C=O) groups excluding carboxylic acids is 1. The Labute approximate surface area is 102 Å². The van der Waals surface area contributed by atoms with E-state index in [4.69, 9.17) is 0 Å². The van der Waals surface area contributed by atoms with Gasteiger partial charge in [-0.25, -0.2) is 0 Å². The summed E-state index contributed by atoms with van der Waals surface area (Å²) < 4.78 is 0.606.